The van der Waals surface area contributed by atoms with Gasteiger partial charge in [0.05, 0.1) is 20.8 Å². The summed E-state index contributed by atoms with van der Waals surface area (Å²) in [6.07, 6.45) is 1.60. The fourth-order valence-electron chi connectivity index (χ4n) is 1.96. The molecule has 0 saturated heterocycles. The van der Waals surface area contributed by atoms with Crippen LogP contribution in [0.2, 0.25) is 0 Å². The third-order valence-corrected chi connectivity index (χ3v) is 3.02. The number of benzene rings is 1. The molecule has 2 rings (SSSR count). The van der Waals surface area contributed by atoms with E-state index in [1.165, 1.54) is 18.9 Å². The van der Waals surface area contributed by atoms with Gasteiger partial charge in [-0.2, -0.15) is 5.10 Å². The number of hydrogen-bond donors (Lipinski definition) is 3. The van der Waals surface area contributed by atoms with Gasteiger partial charge in [0.25, 0.3) is 0 Å². The van der Waals surface area contributed by atoms with Gasteiger partial charge in [0.1, 0.15) is 23.9 Å². The highest BCUT2D eigenvalue weighted by molar-refractivity contribution is 5.94. The van der Waals surface area contributed by atoms with E-state index < -0.39 is 5.91 Å². The van der Waals surface area contributed by atoms with Crippen molar-refractivity contribution in [1.82, 2.24) is 9.78 Å². The van der Waals surface area contributed by atoms with Crippen molar-refractivity contribution in [3.05, 3.63) is 30.5 Å². The van der Waals surface area contributed by atoms with Crippen molar-refractivity contribution in [2.75, 3.05) is 31.4 Å². The number of carbonyl (C=O) groups excluding carboxylic acids is 2. The molecule has 24 heavy (non-hydrogen) atoms. The molecule has 9 nitrogen and oxygen atoms in total. The van der Waals surface area contributed by atoms with Gasteiger partial charge in [-0.1, -0.05) is 0 Å². The number of amides is 2. The van der Waals surface area contributed by atoms with Gasteiger partial charge in [-0.3, -0.25) is 14.3 Å². The van der Waals surface area contributed by atoms with E-state index in [9.17, 15) is 9.59 Å². The van der Waals surface area contributed by atoms with Gasteiger partial charge in [-0.05, 0) is 0 Å². The van der Waals surface area contributed by atoms with Crippen molar-refractivity contribution >= 4 is 23.3 Å². The molecule has 128 valence electrons. The van der Waals surface area contributed by atoms with Gasteiger partial charge in [0, 0.05) is 36.1 Å². The third-order valence-electron chi connectivity index (χ3n) is 3.02. The highest BCUT2D eigenvalue weighted by Crippen LogP contribution is 2.25. The smallest absolute Gasteiger partial charge is 0.243 e. The lowest BCUT2D eigenvalue weighted by Crippen LogP contribution is -2.22. The maximum Gasteiger partial charge on any atom is 0.243 e. The average Bonchev–Trinajstić information content (AvgIpc) is 2.99. The minimum atomic E-state index is -0.491. The van der Waals surface area contributed by atoms with E-state index in [1.807, 2.05) is 0 Å². The molecule has 0 aliphatic carbocycles. The molecule has 0 saturated carbocycles. The summed E-state index contributed by atoms with van der Waals surface area (Å²) in [5, 5.41) is 9.66. The predicted octanol–water partition coefficient (Wildman–Crippen LogP) is 0.436. The summed E-state index contributed by atoms with van der Waals surface area (Å²) in [6.45, 7) is -0.00933. The first kappa shape index (κ1) is 17.1. The molecule has 0 radical (unpaired) electrons. The quantitative estimate of drug-likeness (QED) is 0.644. The number of methoxy groups -OCH3 is 2. The highest BCUT2D eigenvalue weighted by atomic mass is 16.5. The molecule has 4 N–H and O–H groups in total. The summed E-state index contributed by atoms with van der Waals surface area (Å²) in [5.41, 5.74) is 5.64. The first-order valence-electron chi connectivity index (χ1n) is 7.08. The van der Waals surface area contributed by atoms with E-state index in [1.54, 1.807) is 30.5 Å². The number of nitrogens with zero attached hydrogens (tertiary/aromatic N) is 2. The van der Waals surface area contributed by atoms with Crippen LogP contribution in [0, 0.1) is 0 Å². The number of hydrogen-bond acceptors (Lipinski definition) is 6. The lowest BCUT2D eigenvalue weighted by molar-refractivity contribution is -0.118. The standard InChI is InChI=1S/C15H19N5O4/c1-23-11-5-10(6-12(7-11)24-2)18-15(22)8-17-14-3-4-20(19-14)9-13(16)21/h3-7H,8-9H2,1-2H3,(H2,16,21)(H,17,19)(H,18,22). The molecule has 0 aliphatic rings. The summed E-state index contributed by atoms with van der Waals surface area (Å²) >= 11 is 0. The second kappa shape index (κ2) is 7.86. The lowest BCUT2D eigenvalue weighted by atomic mass is 10.2. The van der Waals surface area contributed by atoms with Gasteiger partial charge in [0.2, 0.25) is 11.8 Å². The van der Waals surface area contributed by atoms with Crippen LogP contribution in [0.4, 0.5) is 11.5 Å². The lowest BCUT2D eigenvalue weighted by Gasteiger charge is -2.10. The molecule has 0 bridgehead atoms. The molecular formula is C15H19N5O4. The zero-order valence-corrected chi connectivity index (χ0v) is 13.4. The first-order valence-corrected chi connectivity index (χ1v) is 7.08. The van der Waals surface area contributed by atoms with Crippen LogP contribution >= 0.6 is 0 Å². The number of carbonyl (C=O) groups is 2. The van der Waals surface area contributed by atoms with Gasteiger partial charge in [-0.15, -0.1) is 0 Å². The molecular weight excluding hydrogens is 314 g/mol. The number of nitrogens with one attached hydrogen (secondary N) is 2. The number of rotatable bonds is 8. The molecule has 0 atom stereocenters. The van der Waals surface area contributed by atoms with Gasteiger partial charge >= 0.3 is 0 Å². The Bertz CT molecular complexity index is 706. The van der Waals surface area contributed by atoms with Crippen molar-refractivity contribution in [2.24, 2.45) is 5.73 Å². The summed E-state index contributed by atoms with van der Waals surface area (Å²) in [6, 6.07) is 6.72. The Morgan fingerprint density at radius 2 is 1.88 bits per heavy atom. The Kier molecular flexibility index (Phi) is 5.61. The molecule has 0 aliphatic heterocycles. The van der Waals surface area contributed by atoms with E-state index in [2.05, 4.69) is 15.7 Å². The van der Waals surface area contributed by atoms with E-state index in [-0.39, 0.29) is 19.0 Å². The Hall–Kier alpha value is -3.23. The summed E-state index contributed by atoms with van der Waals surface area (Å²) in [4.78, 5) is 22.8. The summed E-state index contributed by atoms with van der Waals surface area (Å²) in [5.74, 6) is 0.851. The fourth-order valence-corrected chi connectivity index (χ4v) is 1.96. The Labute approximate surface area is 138 Å². The van der Waals surface area contributed by atoms with Gasteiger partial charge in [0.15, 0.2) is 0 Å². The van der Waals surface area contributed by atoms with Crippen LogP contribution in [0.15, 0.2) is 30.5 Å². The van der Waals surface area contributed by atoms with Crippen LogP contribution in [-0.4, -0.2) is 42.4 Å². The number of primary amides is 1. The SMILES string of the molecule is COc1cc(NC(=O)CNc2ccn(CC(N)=O)n2)cc(OC)c1. The van der Waals surface area contributed by atoms with Crippen molar-refractivity contribution in [3.8, 4) is 11.5 Å². The minimum Gasteiger partial charge on any atom is -0.497 e. The van der Waals surface area contributed by atoms with Crippen LogP contribution in [0.3, 0.4) is 0 Å². The van der Waals surface area contributed by atoms with Crippen molar-refractivity contribution in [3.63, 3.8) is 0 Å². The summed E-state index contributed by atoms with van der Waals surface area (Å²) in [7, 11) is 3.06. The Balaban J connectivity index is 1.91. The fraction of sp³-hybridized carbons (Fsp3) is 0.267. The average molecular weight is 333 g/mol. The molecule has 1 aromatic carbocycles. The second-order valence-electron chi connectivity index (χ2n) is 4.87. The van der Waals surface area contributed by atoms with Crippen LogP contribution in [0.5, 0.6) is 11.5 Å². The van der Waals surface area contributed by atoms with Crippen LogP contribution in [0.25, 0.3) is 0 Å². The maximum absolute atomic E-state index is 12.0. The highest BCUT2D eigenvalue weighted by Gasteiger charge is 2.07. The largest absolute Gasteiger partial charge is 0.497 e. The molecule has 0 unspecified atom stereocenters. The van der Waals surface area contributed by atoms with Crippen LogP contribution in [-0.2, 0) is 16.1 Å². The number of ether oxygens (including phenoxy) is 2. The molecule has 0 spiro atoms. The third kappa shape index (κ3) is 4.90. The monoisotopic (exact) mass is 333 g/mol. The van der Waals surface area contributed by atoms with Crippen molar-refractivity contribution in [1.29, 1.82) is 0 Å². The zero-order valence-electron chi connectivity index (χ0n) is 13.4. The van der Waals surface area contributed by atoms with Gasteiger partial charge < -0.3 is 25.8 Å². The van der Waals surface area contributed by atoms with Gasteiger partial charge in [-0.25, -0.2) is 0 Å². The number of anilines is 2. The molecule has 1 aromatic heterocycles. The number of nitrogens with two attached hydrogens (primary N) is 1. The molecule has 2 aromatic rings. The minimum absolute atomic E-state index is 0.00705. The Morgan fingerprint density at radius 3 is 2.46 bits per heavy atom. The Morgan fingerprint density at radius 1 is 1.21 bits per heavy atom. The normalized spacial score (nSPS) is 10.1. The van der Waals surface area contributed by atoms with E-state index >= 15 is 0 Å². The van der Waals surface area contributed by atoms with Crippen LogP contribution in [0.1, 0.15) is 0 Å². The summed E-state index contributed by atoms with van der Waals surface area (Å²) < 4.78 is 11.7. The number of aromatic nitrogens is 2. The first-order chi connectivity index (χ1) is 11.5. The molecule has 0 fully saturated rings. The second-order valence-corrected chi connectivity index (χ2v) is 4.87. The molecule has 2 amide bonds. The van der Waals surface area contributed by atoms with Crippen molar-refractivity contribution in [2.45, 2.75) is 6.54 Å². The maximum atomic E-state index is 12.0. The molecule has 1 heterocycles. The molecule has 9 heteroatoms. The van der Waals surface area contributed by atoms with E-state index in [4.69, 9.17) is 15.2 Å². The van der Waals surface area contributed by atoms with Crippen LogP contribution < -0.4 is 25.8 Å². The topological polar surface area (TPSA) is 120 Å². The van der Waals surface area contributed by atoms with E-state index in [0.29, 0.717) is 23.0 Å². The zero-order chi connectivity index (χ0) is 17.5. The van der Waals surface area contributed by atoms with Crippen molar-refractivity contribution < 1.29 is 19.1 Å². The predicted molar refractivity (Wildman–Crippen MR) is 88.1 cm³/mol. The van der Waals surface area contributed by atoms with E-state index in [0.717, 1.165) is 0 Å².